The van der Waals surface area contributed by atoms with Gasteiger partial charge in [-0.1, -0.05) is 26.7 Å². The van der Waals surface area contributed by atoms with Crippen LogP contribution in [0.4, 0.5) is 0 Å². The fraction of sp³-hybridized carbons (Fsp3) is 0.857. The van der Waals surface area contributed by atoms with Crippen molar-refractivity contribution in [2.45, 2.75) is 58.9 Å². The van der Waals surface area contributed by atoms with Crippen molar-refractivity contribution in [2.75, 3.05) is 7.05 Å². The fourth-order valence-electron chi connectivity index (χ4n) is 2.98. The highest BCUT2D eigenvalue weighted by atomic mass is 16.2. The first-order valence-corrected chi connectivity index (χ1v) is 6.60. The molecule has 1 aliphatic rings. The quantitative estimate of drug-likeness (QED) is 0.753. The molecule has 0 N–H and O–H groups in total. The van der Waals surface area contributed by atoms with Gasteiger partial charge in [-0.25, -0.2) is 0 Å². The zero-order valence-electron chi connectivity index (χ0n) is 11.5. The summed E-state index contributed by atoms with van der Waals surface area (Å²) in [7, 11) is 1.76. The Labute approximate surface area is 105 Å². The van der Waals surface area contributed by atoms with E-state index < -0.39 is 0 Å². The van der Waals surface area contributed by atoms with Crippen LogP contribution in [0.5, 0.6) is 0 Å². The monoisotopic (exact) mass is 236 g/mol. The third-order valence-electron chi connectivity index (χ3n) is 3.90. The number of carbonyl (C=O) groups excluding carboxylic acids is 1. The Morgan fingerprint density at radius 1 is 1.35 bits per heavy atom. The maximum absolute atomic E-state index is 12.6. The lowest BCUT2D eigenvalue weighted by Gasteiger charge is -2.34. The summed E-state index contributed by atoms with van der Waals surface area (Å²) >= 11 is 0. The minimum absolute atomic E-state index is 0.178. The first-order chi connectivity index (χ1) is 7.93. The van der Waals surface area contributed by atoms with Gasteiger partial charge in [0.1, 0.15) is 6.04 Å². The molecule has 3 nitrogen and oxygen atoms in total. The first kappa shape index (κ1) is 14.0. The molecule has 1 amide bonds. The molecule has 0 spiro atoms. The zero-order chi connectivity index (χ0) is 13.1. The van der Waals surface area contributed by atoms with Gasteiger partial charge in [0.25, 0.3) is 0 Å². The minimum Gasteiger partial charge on any atom is -0.330 e. The van der Waals surface area contributed by atoms with Gasteiger partial charge < -0.3 is 4.90 Å². The van der Waals surface area contributed by atoms with E-state index in [1.165, 1.54) is 0 Å². The van der Waals surface area contributed by atoms with E-state index in [0.29, 0.717) is 5.92 Å². The van der Waals surface area contributed by atoms with Gasteiger partial charge in [-0.3, -0.25) is 4.79 Å². The predicted octanol–water partition coefficient (Wildman–Crippen LogP) is 2.96. The summed E-state index contributed by atoms with van der Waals surface area (Å²) in [5.41, 5.74) is -0.186. The molecular weight excluding hydrogens is 212 g/mol. The van der Waals surface area contributed by atoms with Crippen molar-refractivity contribution in [1.82, 2.24) is 4.90 Å². The Hall–Kier alpha value is -1.04. The Bertz CT molecular complexity index is 311. The maximum atomic E-state index is 12.6. The van der Waals surface area contributed by atoms with Crippen LogP contribution >= 0.6 is 0 Å². The molecule has 0 aliphatic heterocycles. The molecule has 0 saturated heterocycles. The number of amides is 1. The molecular formula is C14H24N2O. The predicted molar refractivity (Wildman–Crippen MR) is 68.2 cm³/mol. The summed E-state index contributed by atoms with van der Waals surface area (Å²) in [6.07, 6.45) is 5.23. The molecule has 1 aliphatic carbocycles. The molecule has 3 heteroatoms. The van der Waals surface area contributed by atoms with Gasteiger partial charge in [-0.2, -0.15) is 5.26 Å². The van der Waals surface area contributed by atoms with Gasteiger partial charge in [0.05, 0.1) is 6.07 Å². The Balaban J connectivity index is 2.85. The van der Waals surface area contributed by atoms with E-state index >= 15 is 0 Å². The van der Waals surface area contributed by atoms with Gasteiger partial charge in [0, 0.05) is 12.5 Å². The molecule has 0 aromatic carbocycles. The lowest BCUT2D eigenvalue weighted by molar-refractivity contribution is -0.142. The largest absolute Gasteiger partial charge is 0.330 e. The molecule has 0 aromatic heterocycles. The van der Waals surface area contributed by atoms with Gasteiger partial charge in [0.2, 0.25) is 5.91 Å². The van der Waals surface area contributed by atoms with E-state index in [9.17, 15) is 4.79 Å². The second-order valence-corrected chi connectivity index (χ2v) is 5.81. The molecule has 0 radical (unpaired) electrons. The summed E-state index contributed by atoms with van der Waals surface area (Å²) in [6, 6.07) is 1.82. The van der Waals surface area contributed by atoms with Crippen LogP contribution in [0.1, 0.15) is 52.9 Å². The van der Waals surface area contributed by atoms with Crippen LogP contribution in [0.25, 0.3) is 0 Å². The van der Waals surface area contributed by atoms with Crippen LogP contribution in [-0.2, 0) is 4.79 Å². The molecule has 0 aromatic rings. The van der Waals surface area contributed by atoms with Gasteiger partial charge >= 0.3 is 0 Å². The van der Waals surface area contributed by atoms with E-state index in [0.717, 1.165) is 32.1 Å². The van der Waals surface area contributed by atoms with E-state index in [1.807, 2.05) is 0 Å². The molecule has 1 fully saturated rings. The maximum Gasteiger partial charge on any atom is 0.229 e. The summed E-state index contributed by atoms with van der Waals surface area (Å²) < 4.78 is 0. The highest BCUT2D eigenvalue weighted by molar-refractivity contribution is 5.83. The van der Waals surface area contributed by atoms with E-state index in [-0.39, 0.29) is 17.4 Å². The number of carbonyl (C=O) groups is 1. The second kappa shape index (κ2) is 5.53. The van der Waals surface area contributed by atoms with Crippen LogP contribution in [0.2, 0.25) is 0 Å². The molecule has 0 bridgehead atoms. The summed E-state index contributed by atoms with van der Waals surface area (Å²) in [4.78, 5) is 14.2. The highest BCUT2D eigenvalue weighted by Crippen LogP contribution is 2.44. The van der Waals surface area contributed by atoms with Crippen molar-refractivity contribution in [3.8, 4) is 6.07 Å². The number of hydrogen-bond donors (Lipinski definition) is 0. The summed E-state index contributed by atoms with van der Waals surface area (Å²) in [5.74, 6) is 0.709. The smallest absolute Gasteiger partial charge is 0.229 e. The topological polar surface area (TPSA) is 44.1 Å². The number of nitriles is 1. The van der Waals surface area contributed by atoms with Crippen molar-refractivity contribution in [1.29, 1.82) is 5.26 Å². The number of nitrogens with zero attached hydrogens (tertiary/aromatic N) is 2. The fourth-order valence-corrected chi connectivity index (χ4v) is 2.98. The Morgan fingerprint density at radius 3 is 2.29 bits per heavy atom. The van der Waals surface area contributed by atoms with Crippen LogP contribution in [0.15, 0.2) is 0 Å². The van der Waals surface area contributed by atoms with Gasteiger partial charge in [-0.15, -0.1) is 0 Å². The Morgan fingerprint density at radius 2 is 1.88 bits per heavy atom. The van der Waals surface area contributed by atoms with Crippen molar-refractivity contribution < 1.29 is 4.79 Å². The van der Waals surface area contributed by atoms with E-state index in [2.05, 4.69) is 19.9 Å². The minimum atomic E-state index is -0.327. The first-order valence-electron chi connectivity index (χ1n) is 6.60. The molecule has 1 saturated carbocycles. The van der Waals surface area contributed by atoms with Crippen molar-refractivity contribution in [3.63, 3.8) is 0 Å². The number of hydrogen-bond acceptors (Lipinski definition) is 2. The molecule has 1 atom stereocenters. The van der Waals surface area contributed by atoms with Crippen LogP contribution in [0, 0.1) is 22.7 Å². The normalized spacial score (nSPS) is 20.0. The average Bonchev–Trinajstić information content (AvgIpc) is 2.74. The van der Waals surface area contributed by atoms with Crippen molar-refractivity contribution in [3.05, 3.63) is 0 Å². The van der Waals surface area contributed by atoms with Crippen molar-refractivity contribution in [2.24, 2.45) is 11.3 Å². The second-order valence-electron chi connectivity index (χ2n) is 5.81. The van der Waals surface area contributed by atoms with Gasteiger partial charge in [0.15, 0.2) is 0 Å². The van der Waals surface area contributed by atoms with E-state index in [4.69, 9.17) is 5.26 Å². The molecule has 0 heterocycles. The third kappa shape index (κ3) is 3.00. The molecule has 1 unspecified atom stereocenters. The lowest BCUT2D eigenvalue weighted by Crippen LogP contribution is -2.44. The number of rotatable bonds is 4. The van der Waals surface area contributed by atoms with Crippen LogP contribution < -0.4 is 0 Å². The van der Waals surface area contributed by atoms with Crippen molar-refractivity contribution >= 4 is 5.91 Å². The molecule has 96 valence electrons. The van der Waals surface area contributed by atoms with E-state index in [1.54, 1.807) is 18.9 Å². The average molecular weight is 236 g/mol. The highest BCUT2D eigenvalue weighted by Gasteiger charge is 2.43. The summed E-state index contributed by atoms with van der Waals surface area (Å²) in [6.45, 7) is 6.12. The third-order valence-corrected chi connectivity index (χ3v) is 3.90. The molecule has 17 heavy (non-hydrogen) atoms. The molecule has 1 rings (SSSR count). The SMILES string of the molecule is CC(C)CC1(C(=O)N(C)C(C)C#N)CCCC1. The summed E-state index contributed by atoms with van der Waals surface area (Å²) in [5, 5.41) is 8.92. The van der Waals surface area contributed by atoms with Crippen LogP contribution in [0.3, 0.4) is 0 Å². The van der Waals surface area contributed by atoms with Gasteiger partial charge in [-0.05, 0) is 32.1 Å². The standard InChI is InChI=1S/C14H24N2O/c1-11(2)9-14(7-5-6-8-14)13(17)16(4)12(3)10-15/h11-12H,5-9H2,1-4H3. The zero-order valence-corrected chi connectivity index (χ0v) is 11.5. The van der Waals surface area contributed by atoms with Crippen LogP contribution in [-0.4, -0.2) is 23.9 Å². The lowest BCUT2D eigenvalue weighted by atomic mass is 9.77. The Kier molecular flexibility index (Phi) is 4.56.